The molecular formula is C26H20Cl4N2O2S2. The van der Waals surface area contributed by atoms with Crippen molar-refractivity contribution in [1.82, 2.24) is 0 Å². The van der Waals surface area contributed by atoms with E-state index >= 15 is 0 Å². The average molecular weight is 598 g/mol. The van der Waals surface area contributed by atoms with Crippen molar-refractivity contribution in [2.45, 2.75) is 33.4 Å². The third-order valence-electron chi connectivity index (χ3n) is 6.03. The smallest absolute Gasteiger partial charge is 0.270 e. The van der Waals surface area contributed by atoms with Crippen molar-refractivity contribution in [3.05, 3.63) is 114 Å². The number of halogens is 4. The lowest BCUT2D eigenvalue weighted by Crippen LogP contribution is -2.35. The van der Waals surface area contributed by atoms with Crippen molar-refractivity contribution >= 4 is 76.7 Å². The topological polar surface area (TPSA) is 69.2 Å². The molecule has 4 rings (SSSR count). The number of nitro groups is 1. The first-order valence-corrected chi connectivity index (χ1v) is 15.0. The van der Waals surface area contributed by atoms with E-state index < -0.39 is 12.6 Å². The van der Waals surface area contributed by atoms with Crippen molar-refractivity contribution in [3.63, 3.8) is 0 Å². The molecule has 0 aliphatic rings. The van der Waals surface area contributed by atoms with E-state index in [1.165, 1.54) is 12.1 Å². The van der Waals surface area contributed by atoms with Crippen LogP contribution < -0.4 is 5.73 Å². The summed E-state index contributed by atoms with van der Waals surface area (Å²) in [7, 11) is -3.84. The van der Waals surface area contributed by atoms with Crippen LogP contribution in [0.5, 0.6) is 0 Å². The van der Waals surface area contributed by atoms with Crippen LogP contribution in [0.15, 0.2) is 92.4 Å². The second kappa shape index (κ2) is 9.60. The minimum absolute atomic E-state index is 0.149. The molecule has 0 saturated heterocycles. The van der Waals surface area contributed by atoms with Gasteiger partial charge in [-0.2, -0.15) is 0 Å². The Hall–Kier alpha value is -2.19. The molecule has 0 unspecified atom stereocenters. The normalized spacial score (nSPS) is 12.7. The molecule has 0 atom stereocenters. The van der Waals surface area contributed by atoms with Crippen LogP contribution in [0.4, 0.5) is 11.4 Å². The second-order valence-corrected chi connectivity index (χ2v) is 15.7. The van der Waals surface area contributed by atoms with Crippen LogP contribution in [-0.4, -0.2) is 4.92 Å². The van der Waals surface area contributed by atoms with Gasteiger partial charge in [-0.3, -0.25) is 10.1 Å². The fraction of sp³-hybridized carbons (Fsp3) is 0.0769. The van der Waals surface area contributed by atoms with E-state index in [0.717, 1.165) is 20.9 Å². The van der Waals surface area contributed by atoms with Crippen LogP contribution in [0.1, 0.15) is 11.1 Å². The quantitative estimate of drug-likeness (QED) is 0.141. The number of anilines is 1. The first kappa shape index (κ1) is 26.9. The second-order valence-electron chi connectivity index (χ2n) is 8.33. The first-order valence-electron chi connectivity index (χ1n) is 10.6. The largest absolute Gasteiger partial charge is 0.399 e. The standard InChI is InChI=1S/C26H20Cl4N2O2S2/c1-15-11-17(27)3-7-23(15)36(35,24-8-4-18(28)12-16(24)2,25-9-5-19(31)13-21(25)29)26-10-6-20(32(33)34)14-22(26)30/h3-14H,31H2,1-2H3. The highest BCUT2D eigenvalue weighted by Crippen LogP contribution is 2.62. The maximum atomic E-state index is 11.5. The van der Waals surface area contributed by atoms with Crippen LogP contribution in [0, 0.1) is 24.0 Å². The van der Waals surface area contributed by atoms with Crippen molar-refractivity contribution in [2.24, 2.45) is 0 Å². The zero-order valence-electron chi connectivity index (χ0n) is 19.1. The molecule has 0 heterocycles. The van der Waals surface area contributed by atoms with Gasteiger partial charge in [0.15, 0.2) is 0 Å². The van der Waals surface area contributed by atoms with Crippen molar-refractivity contribution in [3.8, 4) is 0 Å². The molecule has 10 heteroatoms. The summed E-state index contributed by atoms with van der Waals surface area (Å²) in [6.07, 6.45) is 0. The molecule has 0 amide bonds. The molecule has 0 aliphatic heterocycles. The number of nitrogen functional groups attached to an aromatic ring is 1. The van der Waals surface area contributed by atoms with Crippen molar-refractivity contribution in [1.29, 1.82) is 0 Å². The molecule has 0 fully saturated rings. The molecule has 0 bridgehead atoms. The Kier molecular flexibility index (Phi) is 7.16. The van der Waals surface area contributed by atoms with Gasteiger partial charge >= 0.3 is 0 Å². The zero-order chi connectivity index (χ0) is 26.4. The lowest BCUT2D eigenvalue weighted by atomic mass is 10.2. The summed E-state index contributed by atoms with van der Waals surface area (Å²) < 4.78 is 0. The van der Waals surface area contributed by atoms with Crippen LogP contribution in [-0.2, 0) is 18.9 Å². The highest BCUT2D eigenvalue weighted by Gasteiger charge is 2.46. The molecule has 186 valence electrons. The minimum atomic E-state index is -3.84. The van der Waals surface area contributed by atoms with Gasteiger partial charge in [-0.15, -0.1) is 0 Å². The molecule has 2 N–H and O–H groups in total. The van der Waals surface area contributed by atoms with Gasteiger partial charge in [-0.1, -0.05) is 65.3 Å². The molecule has 0 saturated carbocycles. The summed E-state index contributed by atoms with van der Waals surface area (Å²) in [5, 5.41) is 13.1. The third-order valence-corrected chi connectivity index (χ3v) is 14.5. The summed E-state index contributed by atoms with van der Waals surface area (Å²) in [6, 6.07) is 20.5. The van der Waals surface area contributed by atoms with Crippen LogP contribution >= 0.6 is 46.4 Å². The molecule has 4 nitrogen and oxygen atoms in total. The fourth-order valence-electron chi connectivity index (χ4n) is 4.56. The number of non-ortho nitro benzene ring substituents is 1. The van der Waals surface area contributed by atoms with Gasteiger partial charge in [0.25, 0.3) is 5.69 Å². The Morgan fingerprint density at radius 2 is 1.17 bits per heavy atom. The average Bonchev–Trinajstić information content (AvgIpc) is 2.78. The Morgan fingerprint density at radius 3 is 1.58 bits per heavy atom. The highest BCUT2D eigenvalue weighted by atomic mass is 35.5. The Balaban J connectivity index is 2.37. The summed E-state index contributed by atoms with van der Waals surface area (Å²) in [4.78, 5) is 13.7. The number of nitro benzene ring substituents is 1. The first-order chi connectivity index (χ1) is 16.9. The maximum absolute atomic E-state index is 11.5. The monoisotopic (exact) mass is 596 g/mol. The van der Waals surface area contributed by atoms with Gasteiger partial charge in [-0.05, 0) is 85.6 Å². The summed E-state index contributed by atoms with van der Waals surface area (Å²) >= 11 is 33.5. The van der Waals surface area contributed by atoms with Gasteiger partial charge in [0, 0.05) is 47.4 Å². The van der Waals surface area contributed by atoms with Crippen LogP contribution in [0.25, 0.3) is 0 Å². The van der Waals surface area contributed by atoms with E-state index in [4.69, 9.17) is 63.3 Å². The van der Waals surface area contributed by atoms with Crippen molar-refractivity contribution in [2.75, 3.05) is 5.73 Å². The summed E-state index contributed by atoms with van der Waals surface area (Å²) in [6.45, 7) is 3.83. The zero-order valence-corrected chi connectivity index (χ0v) is 23.8. The van der Waals surface area contributed by atoms with Gasteiger partial charge in [0.2, 0.25) is 0 Å². The predicted molar refractivity (Wildman–Crippen MR) is 154 cm³/mol. The molecule has 36 heavy (non-hydrogen) atoms. The SMILES string of the molecule is Cc1cc(Cl)ccc1S(=S)(c1ccc(Cl)cc1C)(c1ccc(N)cc1Cl)c1ccc([N+](=O)[O-])cc1Cl. The van der Waals surface area contributed by atoms with Crippen LogP contribution in [0.2, 0.25) is 20.1 Å². The van der Waals surface area contributed by atoms with E-state index in [0.29, 0.717) is 30.5 Å². The number of hydrogen-bond acceptors (Lipinski definition) is 4. The van der Waals surface area contributed by atoms with E-state index in [9.17, 15) is 10.1 Å². The Bertz CT molecular complexity index is 1490. The molecule has 4 aromatic rings. The molecule has 0 aliphatic carbocycles. The van der Waals surface area contributed by atoms with Crippen LogP contribution in [0.3, 0.4) is 0 Å². The minimum Gasteiger partial charge on any atom is -0.399 e. The number of aryl methyl sites for hydroxylation is 2. The predicted octanol–water partition coefficient (Wildman–Crippen LogP) is 9.10. The number of benzene rings is 4. The Morgan fingerprint density at radius 1 is 0.722 bits per heavy atom. The fourth-order valence-corrected chi connectivity index (χ4v) is 13.5. The lowest BCUT2D eigenvalue weighted by molar-refractivity contribution is -0.384. The lowest BCUT2D eigenvalue weighted by Gasteiger charge is -2.50. The van der Waals surface area contributed by atoms with Gasteiger partial charge in [-0.25, -0.2) is 0 Å². The number of nitrogens with zero attached hydrogens (tertiary/aromatic N) is 1. The molecular weight excluding hydrogens is 578 g/mol. The molecule has 4 aromatic carbocycles. The van der Waals surface area contributed by atoms with Crippen molar-refractivity contribution < 1.29 is 4.92 Å². The number of rotatable bonds is 5. The van der Waals surface area contributed by atoms with Gasteiger partial charge in [0.1, 0.15) is 0 Å². The number of nitrogens with two attached hydrogens (primary N) is 1. The van der Waals surface area contributed by atoms with E-state index in [1.807, 2.05) is 44.2 Å². The van der Waals surface area contributed by atoms with Gasteiger partial charge < -0.3 is 5.73 Å². The maximum Gasteiger partial charge on any atom is 0.270 e. The van der Waals surface area contributed by atoms with E-state index in [2.05, 4.69) is 0 Å². The third kappa shape index (κ3) is 4.10. The van der Waals surface area contributed by atoms with E-state index in [1.54, 1.807) is 30.3 Å². The summed E-state index contributed by atoms with van der Waals surface area (Å²) in [5.41, 5.74) is 8.02. The summed E-state index contributed by atoms with van der Waals surface area (Å²) in [5.74, 6) is 0. The van der Waals surface area contributed by atoms with E-state index in [-0.39, 0.29) is 10.7 Å². The molecule has 0 spiro atoms. The molecule has 0 aromatic heterocycles. The van der Waals surface area contributed by atoms with Gasteiger partial charge in [0.05, 0.1) is 15.0 Å². The number of hydrogen-bond donors (Lipinski definition) is 1. The highest BCUT2D eigenvalue weighted by molar-refractivity contribution is 8.52. The molecule has 0 radical (unpaired) electrons. The Labute approximate surface area is 233 Å².